The molecule has 0 aliphatic heterocycles. The van der Waals surface area contributed by atoms with Gasteiger partial charge in [-0.1, -0.05) is 0 Å². The van der Waals surface area contributed by atoms with E-state index in [9.17, 15) is 0 Å². The van der Waals surface area contributed by atoms with Crippen molar-refractivity contribution < 1.29 is 33.9 Å². The molecule has 0 radical (unpaired) electrons. The van der Waals surface area contributed by atoms with Gasteiger partial charge in [0, 0.05) is 0 Å². The van der Waals surface area contributed by atoms with Crippen molar-refractivity contribution in [3.05, 3.63) is 0 Å². The van der Waals surface area contributed by atoms with Crippen LogP contribution in [0.4, 0.5) is 0 Å². The van der Waals surface area contributed by atoms with Crippen LogP contribution in [-0.2, 0) is 13.7 Å². The van der Waals surface area contributed by atoms with Gasteiger partial charge in [0.05, 0.1) is 26.1 Å². The predicted octanol–water partition coefficient (Wildman–Crippen LogP) is -2.55. The van der Waals surface area contributed by atoms with E-state index in [0.717, 1.165) is 0 Å². The van der Waals surface area contributed by atoms with Gasteiger partial charge in [-0.25, -0.2) is 0 Å². The first kappa shape index (κ1) is 29.9. The van der Waals surface area contributed by atoms with Crippen LogP contribution in [-0.4, -0.2) is 22.8 Å². The third-order valence-corrected chi connectivity index (χ3v) is 0. The second-order valence-corrected chi connectivity index (χ2v) is 0.671. The maximum atomic E-state index is 8.35. The van der Waals surface area contributed by atoms with Crippen molar-refractivity contribution in [2.24, 2.45) is 0 Å². The molecular weight excluding hydrogens is 232 g/mol. The Balaban J connectivity index is -0.0000000150. The van der Waals surface area contributed by atoms with E-state index in [2.05, 4.69) is 0 Å². The Kier molecular flexibility index (Phi) is 201. The molecule has 0 bridgehead atoms. The molecule has 0 saturated heterocycles. The first-order valence-electron chi connectivity index (χ1n) is 1.10. The van der Waals surface area contributed by atoms with Crippen molar-refractivity contribution in [3.8, 4) is 0 Å². The molecule has 0 aromatic rings. The Morgan fingerprint density at radius 2 is 0.727 bits per heavy atom. The van der Waals surface area contributed by atoms with Crippen molar-refractivity contribution in [1.82, 2.24) is 0 Å². The third kappa shape index (κ3) is 1780. The standard InChI is InChI=1S/Al.3HO2P.H2O/c;3*1-3-2;/h;3*(H,1,2);1H2/q+3;;;;/p-3. The van der Waals surface area contributed by atoms with Gasteiger partial charge in [-0.3, -0.25) is 13.7 Å². The Bertz CT molecular complexity index is 50.4. The first-order valence-corrected chi connectivity index (χ1v) is 3.29. The zero-order chi connectivity index (χ0) is 8.12. The van der Waals surface area contributed by atoms with Crippen LogP contribution < -0.4 is 14.7 Å². The van der Waals surface area contributed by atoms with Gasteiger partial charge in [0.25, 0.3) is 0 Å². The summed E-state index contributed by atoms with van der Waals surface area (Å²) in [5.74, 6) is 0. The maximum absolute atomic E-state index is 8.35. The Morgan fingerprint density at radius 3 is 0.727 bits per heavy atom. The molecule has 0 amide bonds. The van der Waals surface area contributed by atoms with Gasteiger partial charge in [0.1, 0.15) is 0 Å². The summed E-state index contributed by atoms with van der Waals surface area (Å²) in [5.41, 5.74) is 0. The van der Waals surface area contributed by atoms with E-state index < -0.39 is 26.1 Å². The smallest absolute Gasteiger partial charge is 0.772 e. The van der Waals surface area contributed by atoms with E-state index in [1.54, 1.807) is 0 Å². The zero-order valence-electron chi connectivity index (χ0n) is 4.87. The average Bonchev–Trinajstić information content (AvgIpc) is 1.70. The molecule has 0 fully saturated rings. The Morgan fingerprint density at radius 1 is 0.727 bits per heavy atom. The first-order chi connectivity index (χ1) is 4.24. The summed E-state index contributed by atoms with van der Waals surface area (Å²) in [5, 5.41) is 0. The van der Waals surface area contributed by atoms with E-state index >= 15 is 0 Å². The van der Waals surface area contributed by atoms with E-state index in [0.29, 0.717) is 0 Å². The van der Waals surface area contributed by atoms with Crippen molar-refractivity contribution in [2.45, 2.75) is 0 Å². The van der Waals surface area contributed by atoms with Gasteiger partial charge < -0.3 is 20.2 Å². The fraction of sp³-hybridized carbons (Fsp3) is 0. The quantitative estimate of drug-likeness (QED) is 0.332. The summed E-state index contributed by atoms with van der Waals surface area (Å²) in [7, 11) is -3.25. The molecule has 11 heavy (non-hydrogen) atoms. The Hall–Kier alpha value is 0.672. The predicted molar refractivity (Wildman–Crippen MR) is 32.2 cm³/mol. The summed E-state index contributed by atoms with van der Waals surface area (Å²) < 4.78 is 25.0. The molecule has 0 saturated carbocycles. The molecule has 0 aliphatic rings. The summed E-state index contributed by atoms with van der Waals surface area (Å²) in [6.07, 6.45) is 0. The van der Waals surface area contributed by atoms with Crippen LogP contribution in [0.1, 0.15) is 0 Å². The van der Waals surface area contributed by atoms with Crippen LogP contribution in [0.2, 0.25) is 0 Å². The molecule has 0 heterocycles. The minimum Gasteiger partial charge on any atom is -0.772 e. The number of hydrogen-bond donors (Lipinski definition) is 0. The van der Waals surface area contributed by atoms with E-state index in [-0.39, 0.29) is 22.8 Å². The molecule has 62 valence electrons. The average molecular weight is 234 g/mol. The van der Waals surface area contributed by atoms with Gasteiger partial charge in [0.15, 0.2) is 0 Å². The molecule has 0 unspecified atom stereocenters. The molecule has 2 N–H and O–H groups in total. The summed E-state index contributed by atoms with van der Waals surface area (Å²) >= 11 is 0. The molecular formula is H2AlO7P3. The fourth-order valence-corrected chi connectivity index (χ4v) is 0. The molecule has 0 atom stereocenters. The van der Waals surface area contributed by atoms with Gasteiger partial charge >= 0.3 is 17.4 Å². The maximum Gasteiger partial charge on any atom is 3.00 e. The minimum absolute atomic E-state index is 0. The fourth-order valence-electron chi connectivity index (χ4n) is 0. The van der Waals surface area contributed by atoms with Crippen molar-refractivity contribution in [1.29, 1.82) is 0 Å². The van der Waals surface area contributed by atoms with E-state index in [1.165, 1.54) is 0 Å². The number of rotatable bonds is 0. The molecule has 0 aliphatic carbocycles. The van der Waals surface area contributed by atoms with Crippen molar-refractivity contribution >= 4 is 43.4 Å². The minimum atomic E-state index is -1.08. The monoisotopic (exact) mass is 234 g/mol. The molecule has 0 aromatic carbocycles. The van der Waals surface area contributed by atoms with Crippen LogP contribution in [0.3, 0.4) is 0 Å². The summed E-state index contributed by atoms with van der Waals surface area (Å²) in [6.45, 7) is 0. The molecule has 11 heteroatoms. The molecule has 7 nitrogen and oxygen atoms in total. The third-order valence-electron chi connectivity index (χ3n) is 0. The van der Waals surface area contributed by atoms with Crippen LogP contribution in [0.15, 0.2) is 0 Å². The normalized spacial score (nSPS) is 5.73. The van der Waals surface area contributed by atoms with Crippen LogP contribution >= 0.6 is 26.1 Å². The summed E-state index contributed by atoms with van der Waals surface area (Å²) in [4.78, 5) is 25.0. The molecule has 0 aromatic heterocycles. The van der Waals surface area contributed by atoms with E-state index in [1.807, 2.05) is 0 Å². The Labute approximate surface area is 77.7 Å². The molecule has 0 spiro atoms. The zero-order valence-corrected chi connectivity index (χ0v) is 8.71. The second-order valence-electron chi connectivity index (χ2n) is 0.224. The molecule has 0 rings (SSSR count). The topological polar surface area (TPSA) is 152 Å². The van der Waals surface area contributed by atoms with Crippen molar-refractivity contribution in [2.75, 3.05) is 0 Å². The number of hydrogen-bond acceptors (Lipinski definition) is 6. The van der Waals surface area contributed by atoms with Gasteiger partial charge in [-0.05, 0) is 0 Å². The van der Waals surface area contributed by atoms with Gasteiger partial charge in [-0.2, -0.15) is 0 Å². The van der Waals surface area contributed by atoms with Gasteiger partial charge in [0.2, 0.25) is 0 Å². The van der Waals surface area contributed by atoms with Crippen molar-refractivity contribution in [3.63, 3.8) is 0 Å². The van der Waals surface area contributed by atoms with Crippen LogP contribution in [0.5, 0.6) is 0 Å². The summed E-state index contributed by atoms with van der Waals surface area (Å²) in [6, 6.07) is 0. The SMILES string of the molecule is O.O=P[O-].O=P[O-].O=P[O-].[Al+3]. The second kappa shape index (κ2) is 74.0. The van der Waals surface area contributed by atoms with Gasteiger partial charge in [-0.15, -0.1) is 0 Å². The van der Waals surface area contributed by atoms with Crippen LogP contribution in [0, 0.1) is 0 Å². The largest absolute Gasteiger partial charge is 3.00 e. The van der Waals surface area contributed by atoms with E-state index in [4.69, 9.17) is 28.4 Å². The van der Waals surface area contributed by atoms with Crippen LogP contribution in [0.25, 0.3) is 0 Å².